The van der Waals surface area contributed by atoms with Crippen LogP contribution in [0.1, 0.15) is 0 Å². The van der Waals surface area contributed by atoms with Gasteiger partial charge in [-0.3, -0.25) is 10.6 Å². The summed E-state index contributed by atoms with van der Waals surface area (Å²) in [5.74, 6) is 0. The van der Waals surface area contributed by atoms with Crippen molar-refractivity contribution in [2.75, 3.05) is 39.5 Å². The lowest BCUT2D eigenvalue weighted by Crippen LogP contribution is -2.48. The van der Waals surface area contributed by atoms with Gasteiger partial charge in [-0.1, -0.05) is 0 Å². The molecule has 0 amide bonds. The fraction of sp³-hybridized carbons (Fsp3) is 1.00. The third-order valence-corrected chi connectivity index (χ3v) is 3.58. The maximum Gasteiger partial charge on any atom is 0.139 e. The first-order chi connectivity index (χ1) is 9.38. The van der Waals surface area contributed by atoms with Crippen LogP contribution in [0.4, 0.5) is 0 Å². The van der Waals surface area contributed by atoms with Gasteiger partial charge in [-0.25, -0.2) is 0 Å². The molecule has 4 rings (SSSR count). The predicted molar refractivity (Wildman–Crippen MR) is 63.6 cm³/mol. The van der Waals surface area contributed by atoms with Crippen LogP contribution in [0.15, 0.2) is 0 Å². The Morgan fingerprint density at radius 3 is 1.53 bits per heavy atom. The quantitative estimate of drug-likeness (QED) is 0.367. The number of nitrogens with one attached hydrogen (secondary N) is 2. The molecule has 7 heteroatoms. The van der Waals surface area contributed by atoms with Gasteiger partial charge in [0, 0.05) is 13.1 Å². The highest BCUT2D eigenvalue weighted by Gasteiger charge is 2.41. The molecule has 0 bridgehead atoms. The molecule has 4 aliphatic heterocycles. The van der Waals surface area contributed by atoms with E-state index in [-0.39, 0.29) is 24.7 Å². The minimum Gasteiger partial charge on any atom is -0.372 e. The minimum absolute atomic E-state index is 0.0916. The van der Waals surface area contributed by atoms with Gasteiger partial charge in [0.15, 0.2) is 0 Å². The molecule has 0 aromatic carbocycles. The maximum atomic E-state index is 6.07. The lowest BCUT2D eigenvalue weighted by Gasteiger charge is -2.24. The topological polar surface area (TPSA) is 83.4 Å². The number of hydrogen-bond acceptors (Lipinski definition) is 7. The number of hydrogen-bond donors (Lipinski definition) is 2. The minimum atomic E-state index is -0.0916. The zero-order chi connectivity index (χ0) is 12.7. The van der Waals surface area contributed by atoms with Crippen molar-refractivity contribution in [1.29, 1.82) is 0 Å². The Morgan fingerprint density at radius 2 is 1.21 bits per heavy atom. The first-order valence-corrected chi connectivity index (χ1v) is 6.97. The Kier molecular flexibility index (Phi) is 3.44. The number of ether oxygens (including phenoxy) is 5. The largest absolute Gasteiger partial charge is 0.372 e. The van der Waals surface area contributed by atoms with E-state index in [1.165, 1.54) is 0 Å². The summed E-state index contributed by atoms with van der Waals surface area (Å²) in [5.41, 5.74) is 0. The molecule has 4 aliphatic rings. The Hall–Kier alpha value is -0.280. The predicted octanol–water partition coefficient (Wildman–Crippen LogP) is -1.57. The zero-order valence-corrected chi connectivity index (χ0v) is 10.7. The Morgan fingerprint density at radius 1 is 0.789 bits per heavy atom. The van der Waals surface area contributed by atoms with Crippen LogP contribution in [-0.4, -0.2) is 76.4 Å². The van der Waals surface area contributed by atoms with Crippen LogP contribution in [-0.2, 0) is 23.7 Å². The van der Waals surface area contributed by atoms with Gasteiger partial charge in [-0.2, -0.15) is 0 Å². The van der Waals surface area contributed by atoms with Gasteiger partial charge in [-0.15, -0.1) is 0 Å². The van der Waals surface area contributed by atoms with Crippen molar-refractivity contribution in [3.8, 4) is 0 Å². The highest BCUT2D eigenvalue weighted by molar-refractivity contribution is 4.86. The van der Waals surface area contributed by atoms with Crippen LogP contribution in [0.2, 0.25) is 0 Å². The van der Waals surface area contributed by atoms with E-state index in [2.05, 4.69) is 10.6 Å². The molecule has 2 N–H and O–H groups in total. The molecule has 4 fully saturated rings. The van der Waals surface area contributed by atoms with E-state index in [0.717, 1.165) is 39.5 Å². The number of epoxide rings is 4. The summed E-state index contributed by atoms with van der Waals surface area (Å²) in [6, 6.07) is 0. The van der Waals surface area contributed by atoms with Gasteiger partial charge in [-0.05, 0) is 0 Å². The summed E-state index contributed by atoms with van der Waals surface area (Å²) in [5, 5.41) is 6.72. The molecule has 4 saturated heterocycles. The third-order valence-electron chi connectivity index (χ3n) is 3.58. The molecule has 0 saturated carbocycles. The monoisotopic (exact) mass is 272 g/mol. The lowest BCUT2D eigenvalue weighted by molar-refractivity contribution is -0.0698. The molecule has 0 aliphatic carbocycles. The lowest BCUT2D eigenvalue weighted by atomic mass is 10.3. The van der Waals surface area contributed by atoms with Crippen molar-refractivity contribution in [1.82, 2.24) is 10.6 Å². The van der Waals surface area contributed by atoms with Crippen molar-refractivity contribution in [3.63, 3.8) is 0 Å². The third kappa shape index (κ3) is 3.85. The first-order valence-electron chi connectivity index (χ1n) is 6.97. The van der Waals surface area contributed by atoms with E-state index in [4.69, 9.17) is 23.7 Å². The molecule has 0 aromatic rings. The second kappa shape index (κ2) is 5.25. The Bertz CT molecular complexity index is 285. The molecule has 6 unspecified atom stereocenters. The molecule has 0 radical (unpaired) electrons. The molecular formula is C12H20N2O5. The van der Waals surface area contributed by atoms with E-state index in [9.17, 15) is 0 Å². The molecule has 6 atom stereocenters. The summed E-state index contributed by atoms with van der Waals surface area (Å²) in [7, 11) is 0. The molecule has 0 aromatic heterocycles. The average molecular weight is 272 g/mol. The summed E-state index contributed by atoms with van der Waals surface area (Å²) < 4.78 is 27.1. The van der Waals surface area contributed by atoms with Crippen LogP contribution in [0.25, 0.3) is 0 Å². The normalized spacial score (nSPS) is 41.7. The van der Waals surface area contributed by atoms with Crippen molar-refractivity contribution in [2.24, 2.45) is 0 Å². The van der Waals surface area contributed by atoms with E-state index in [0.29, 0.717) is 12.2 Å². The summed E-state index contributed by atoms with van der Waals surface area (Å²) >= 11 is 0. The fourth-order valence-electron chi connectivity index (χ4n) is 2.02. The van der Waals surface area contributed by atoms with Crippen molar-refractivity contribution >= 4 is 0 Å². The fourth-order valence-corrected chi connectivity index (χ4v) is 2.02. The first kappa shape index (κ1) is 12.5. The van der Waals surface area contributed by atoms with Gasteiger partial charge in [0.05, 0.1) is 38.6 Å². The molecule has 19 heavy (non-hydrogen) atoms. The Balaban J connectivity index is 1.26. The molecular weight excluding hydrogens is 252 g/mol. The van der Waals surface area contributed by atoms with Gasteiger partial charge >= 0.3 is 0 Å². The second-order valence-corrected chi connectivity index (χ2v) is 5.45. The highest BCUT2D eigenvalue weighted by Crippen LogP contribution is 2.22. The van der Waals surface area contributed by atoms with Gasteiger partial charge in [0.2, 0.25) is 0 Å². The van der Waals surface area contributed by atoms with Gasteiger partial charge < -0.3 is 23.7 Å². The van der Waals surface area contributed by atoms with Gasteiger partial charge in [0.1, 0.15) is 24.7 Å². The van der Waals surface area contributed by atoms with Crippen LogP contribution >= 0.6 is 0 Å². The van der Waals surface area contributed by atoms with Gasteiger partial charge in [0.25, 0.3) is 0 Å². The Labute approximate surface area is 111 Å². The van der Waals surface area contributed by atoms with Crippen LogP contribution in [0, 0.1) is 0 Å². The smallest absolute Gasteiger partial charge is 0.139 e. The summed E-state index contributed by atoms with van der Waals surface area (Å²) in [6.45, 7) is 4.83. The van der Waals surface area contributed by atoms with Crippen LogP contribution < -0.4 is 10.6 Å². The SMILES string of the molecule is C(NC(OC(NCC1CO1)C1CO1)C1CO1)C1CO1. The van der Waals surface area contributed by atoms with Crippen molar-refractivity contribution in [2.45, 2.75) is 36.9 Å². The van der Waals surface area contributed by atoms with E-state index in [1.807, 2.05) is 0 Å². The molecule has 0 spiro atoms. The molecule has 108 valence electrons. The second-order valence-electron chi connectivity index (χ2n) is 5.45. The van der Waals surface area contributed by atoms with Crippen molar-refractivity contribution in [3.05, 3.63) is 0 Å². The molecule has 7 nitrogen and oxygen atoms in total. The van der Waals surface area contributed by atoms with Crippen molar-refractivity contribution < 1.29 is 23.7 Å². The number of rotatable bonds is 10. The van der Waals surface area contributed by atoms with Crippen LogP contribution in [0.3, 0.4) is 0 Å². The van der Waals surface area contributed by atoms with E-state index < -0.39 is 0 Å². The van der Waals surface area contributed by atoms with Crippen LogP contribution in [0.5, 0.6) is 0 Å². The summed E-state index contributed by atoms with van der Waals surface area (Å²) in [4.78, 5) is 0. The van der Waals surface area contributed by atoms with E-state index >= 15 is 0 Å². The standard InChI is InChI=1S/C12H20N2O5/c1(7-3-15-7)13-11(9-5-17-9)19-12(10-6-18-10)14-2-8-4-16-8/h7-14H,1-6H2. The zero-order valence-electron chi connectivity index (χ0n) is 10.7. The average Bonchev–Trinajstić information content (AvgIpc) is 3.26. The molecule has 4 heterocycles. The highest BCUT2D eigenvalue weighted by atomic mass is 16.6. The summed E-state index contributed by atoms with van der Waals surface area (Å²) in [6.07, 6.45) is 0.802. The maximum absolute atomic E-state index is 6.07. The van der Waals surface area contributed by atoms with E-state index in [1.54, 1.807) is 0 Å².